The van der Waals surface area contributed by atoms with Crippen LogP contribution < -0.4 is 11.5 Å². The maximum absolute atomic E-state index is 13.6. The molecule has 1 saturated carbocycles. The number of amides is 1. The number of hydrogen-bond donors (Lipinski definition) is 3. The lowest BCUT2D eigenvalue weighted by molar-refractivity contribution is 0.0456. The third-order valence-corrected chi connectivity index (χ3v) is 6.10. The average molecular weight is 466 g/mol. The predicted molar refractivity (Wildman–Crippen MR) is 131 cm³/mol. The van der Waals surface area contributed by atoms with E-state index in [0.29, 0.717) is 17.2 Å². The average Bonchev–Trinajstić information content (AvgIpc) is 3.34. The number of aryl methyl sites for hydroxylation is 2. The normalized spacial score (nSPS) is 13.4. The topological polar surface area (TPSA) is 111 Å². The molecule has 0 radical (unpaired) electrons. The first-order valence-electron chi connectivity index (χ1n) is 11.4. The molecule has 0 unspecified atom stereocenters. The van der Waals surface area contributed by atoms with Gasteiger partial charge in [-0.3, -0.25) is 4.79 Å². The zero-order valence-electron chi connectivity index (χ0n) is 19.7. The van der Waals surface area contributed by atoms with Crippen LogP contribution in [0.4, 0.5) is 10.2 Å². The summed E-state index contributed by atoms with van der Waals surface area (Å²) in [7, 11) is 0. The zero-order valence-corrected chi connectivity index (χ0v) is 19.7. The lowest BCUT2D eigenvalue weighted by atomic mass is 10.0. The molecule has 6 nitrogen and oxygen atoms in total. The number of nitrogen functional groups attached to an aromatic ring is 1. The van der Waals surface area contributed by atoms with Gasteiger partial charge in [-0.25, -0.2) is 9.37 Å². The van der Waals surface area contributed by atoms with Gasteiger partial charge in [-0.15, -0.1) is 0 Å². The summed E-state index contributed by atoms with van der Waals surface area (Å²) < 4.78 is 19.5. The Morgan fingerprint density at radius 3 is 2.44 bits per heavy atom. The van der Waals surface area contributed by atoms with Crippen molar-refractivity contribution in [2.24, 2.45) is 5.73 Å². The molecule has 4 rings (SSSR count). The minimum atomic E-state index is -0.695. The maximum atomic E-state index is 13.6. The number of carbonyl (C=O) groups excluding carboxylic acids is 1. The van der Waals surface area contributed by atoms with Crippen molar-refractivity contribution in [3.05, 3.63) is 82.3 Å². The number of halogens is 1. The van der Waals surface area contributed by atoms with Crippen LogP contribution in [0.5, 0.6) is 0 Å². The van der Waals surface area contributed by atoms with E-state index in [-0.39, 0.29) is 23.6 Å². The highest BCUT2D eigenvalue weighted by molar-refractivity contribution is 5.98. The molecular formula is C27H32FN3O3. The highest BCUT2D eigenvalue weighted by atomic mass is 19.1. The number of ether oxygens (including phenoxy) is 1. The molecule has 7 heteroatoms. The van der Waals surface area contributed by atoms with Gasteiger partial charge in [0.15, 0.2) is 0 Å². The van der Waals surface area contributed by atoms with Gasteiger partial charge in [0.2, 0.25) is 0 Å². The number of primary amides is 1. The van der Waals surface area contributed by atoms with Gasteiger partial charge in [-0.1, -0.05) is 43.2 Å². The van der Waals surface area contributed by atoms with E-state index < -0.39 is 11.7 Å². The second-order valence-electron chi connectivity index (χ2n) is 8.62. The molecule has 0 saturated heterocycles. The van der Waals surface area contributed by atoms with Crippen LogP contribution in [-0.4, -0.2) is 22.1 Å². The largest absolute Gasteiger partial charge is 0.392 e. The summed E-state index contributed by atoms with van der Waals surface area (Å²) in [5.74, 6) is -1.19. The number of aromatic nitrogens is 1. The summed E-state index contributed by atoms with van der Waals surface area (Å²) in [6.07, 6.45) is 7.15. The van der Waals surface area contributed by atoms with E-state index in [1.165, 1.54) is 66.8 Å². The third kappa shape index (κ3) is 6.62. The quantitative estimate of drug-likeness (QED) is 0.483. The van der Waals surface area contributed by atoms with Crippen LogP contribution in [0.3, 0.4) is 0 Å². The van der Waals surface area contributed by atoms with Crippen molar-refractivity contribution >= 4 is 11.7 Å². The molecule has 5 N–H and O–H groups in total. The minimum Gasteiger partial charge on any atom is -0.392 e. The van der Waals surface area contributed by atoms with Crippen molar-refractivity contribution in [3.8, 4) is 11.1 Å². The molecule has 1 heterocycles. The van der Waals surface area contributed by atoms with Gasteiger partial charge in [-0.2, -0.15) is 0 Å². The molecular weight excluding hydrogens is 433 g/mol. The second-order valence-corrected chi connectivity index (χ2v) is 8.62. The van der Waals surface area contributed by atoms with Gasteiger partial charge in [-0.05, 0) is 61.1 Å². The fraction of sp³-hybridized carbons (Fsp3) is 0.333. The van der Waals surface area contributed by atoms with Crippen molar-refractivity contribution < 1.29 is 19.0 Å². The number of nitrogens with zero attached hydrogens (tertiary/aromatic N) is 1. The fourth-order valence-electron chi connectivity index (χ4n) is 3.85. The number of rotatable bonds is 6. The first-order chi connectivity index (χ1) is 16.3. The smallest absolute Gasteiger partial charge is 0.252 e. The summed E-state index contributed by atoms with van der Waals surface area (Å²) in [6, 6.07) is 12.4. The molecule has 2 aromatic carbocycles. The van der Waals surface area contributed by atoms with E-state index in [1.54, 1.807) is 6.07 Å². The molecule has 1 aliphatic carbocycles. The van der Waals surface area contributed by atoms with Crippen molar-refractivity contribution in [2.45, 2.75) is 58.8 Å². The Kier molecular flexibility index (Phi) is 8.73. The van der Waals surface area contributed by atoms with Crippen LogP contribution in [0.25, 0.3) is 11.1 Å². The predicted octanol–water partition coefficient (Wildman–Crippen LogP) is 4.82. The summed E-state index contributed by atoms with van der Waals surface area (Å²) >= 11 is 0. The lowest BCUT2D eigenvalue weighted by Gasteiger charge is -2.11. The molecule has 1 aliphatic rings. The van der Waals surface area contributed by atoms with Crippen molar-refractivity contribution in [1.82, 2.24) is 4.98 Å². The van der Waals surface area contributed by atoms with Crippen LogP contribution in [0, 0.1) is 19.7 Å². The van der Waals surface area contributed by atoms with Gasteiger partial charge in [0, 0.05) is 17.3 Å². The van der Waals surface area contributed by atoms with E-state index in [1.807, 2.05) is 0 Å². The lowest BCUT2D eigenvalue weighted by Crippen LogP contribution is -2.14. The Bertz CT molecular complexity index is 1140. The number of carbonyl (C=O) groups is 1. The number of hydrogen-bond acceptors (Lipinski definition) is 5. The third-order valence-electron chi connectivity index (χ3n) is 6.10. The molecule has 0 bridgehead atoms. The first kappa shape index (κ1) is 25.3. The summed E-state index contributed by atoms with van der Waals surface area (Å²) in [4.78, 5) is 15.0. The molecule has 1 amide bonds. The van der Waals surface area contributed by atoms with Crippen molar-refractivity contribution in [2.75, 3.05) is 5.73 Å². The fourth-order valence-corrected chi connectivity index (χ4v) is 3.85. The number of aliphatic hydroxyl groups excluding tert-OH is 1. The summed E-state index contributed by atoms with van der Waals surface area (Å²) in [5, 5.41) is 8.90. The van der Waals surface area contributed by atoms with E-state index in [9.17, 15) is 9.18 Å². The SMILES string of the molecule is Cc1ccc(COC2CCCC2)cc1C.NC(=O)c1cc(-c2ccc(CO)c(F)c2)cnc1N. The van der Waals surface area contributed by atoms with E-state index in [0.717, 1.165) is 6.61 Å². The molecule has 1 fully saturated rings. The Morgan fingerprint density at radius 1 is 1.09 bits per heavy atom. The summed E-state index contributed by atoms with van der Waals surface area (Å²) in [6.45, 7) is 4.72. The molecule has 34 heavy (non-hydrogen) atoms. The molecule has 0 aliphatic heterocycles. The molecule has 1 aromatic heterocycles. The van der Waals surface area contributed by atoms with Crippen LogP contribution in [0.15, 0.2) is 48.7 Å². The van der Waals surface area contributed by atoms with Gasteiger partial charge >= 0.3 is 0 Å². The van der Waals surface area contributed by atoms with Crippen LogP contribution in [0.2, 0.25) is 0 Å². The summed E-state index contributed by atoms with van der Waals surface area (Å²) in [5.41, 5.74) is 16.1. The van der Waals surface area contributed by atoms with E-state index in [4.69, 9.17) is 21.3 Å². The van der Waals surface area contributed by atoms with Crippen molar-refractivity contribution in [3.63, 3.8) is 0 Å². The number of anilines is 1. The van der Waals surface area contributed by atoms with Gasteiger partial charge in [0.1, 0.15) is 11.6 Å². The Balaban J connectivity index is 0.000000196. The van der Waals surface area contributed by atoms with Crippen molar-refractivity contribution in [1.29, 1.82) is 0 Å². The second kappa shape index (κ2) is 11.7. The number of benzene rings is 2. The monoisotopic (exact) mass is 465 g/mol. The first-order valence-corrected chi connectivity index (χ1v) is 11.4. The zero-order chi connectivity index (χ0) is 24.7. The highest BCUT2D eigenvalue weighted by Crippen LogP contribution is 2.24. The maximum Gasteiger partial charge on any atom is 0.252 e. The van der Waals surface area contributed by atoms with E-state index >= 15 is 0 Å². The number of pyridine rings is 1. The number of aliphatic hydroxyl groups is 1. The Hall–Kier alpha value is -3.29. The minimum absolute atomic E-state index is 0.0312. The van der Waals surface area contributed by atoms with E-state index in [2.05, 4.69) is 37.0 Å². The van der Waals surface area contributed by atoms with Crippen LogP contribution in [-0.2, 0) is 18.0 Å². The van der Waals surface area contributed by atoms with Gasteiger partial charge < -0.3 is 21.3 Å². The Morgan fingerprint density at radius 2 is 1.82 bits per heavy atom. The van der Waals surface area contributed by atoms with Crippen LogP contribution >= 0.6 is 0 Å². The number of nitrogens with two attached hydrogens (primary N) is 2. The standard InChI is InChI=1S/C14H20O.C13H12FN3O2/c1-11-7-8-13(9-12(11)2)10-15-14-5-3-4-6-14;14-11-4-7(1-2-8(11)6-18)9-3-10(13(16)19)12(15)17-5-9/h7-9,14H,3-6,10H2,1-2H3;1-5,18H,6H2,(H2,15,17)(H2,16,19). The molecule has 3 aromatic rings. The van der Waals surface area contributed by atoms with Gasteiger partial charge in [0.05, 0.1) is 24.9 Å². The molecule has 0 spiro atoms. The van der Waals surface area contributed by atoms with Crippen LogP contribution in [0.1, 0.15) is 58.3 Å². The van der Waals surface area contributed by atoms with Gasteiger partial charge in [0.25, 0.3) is 5.91 Å². The Labute approximate surface area is 199 Å². The molecule has 0 atom stereocenters. The molecule has 180 valence electrons. The highest BCUT2D eigenvalue weighted by Gasteiger charge is 2.15.